The third-order valence-corrected chi connectivity index (χ3v) is 4.83. The van der Waals surface area contributed by atoms with Gasteiger partial charge in [0.15, 0.2) is 0 Å². The third-order valence-electron chi connectivity index (χ3n) is 4.83. The molecule has 1 fully saturated rings. The molecular formula is C22H23N3O2. The highest BCUT2D eigenvalue weighted by molar-refractivity contribution is 5.93. The van der Waals surface area contributed by atoms with Crippen molar-refractivity contribution in [1.82, 2.24) is 9.88 Å². The van der Waals surface area contributed by atoms with Gasteiger partial charge in [0.1, 0.15) is 0 Å². The molecule has 27 heavy (non-hydrogen) atoms. The first-order valence-electron chi connectivity index (χ1n) is 9.33. The smallest absolute Gasteiger partial charge is 0.322 e. The summed E-state index contributed by atoms with van der Waals surface area (Å²) in [6, 6.07) is 17.8. The number of nitrogens with zero attached hydrogens (tertiary/aromatic N) is 2. The molecule has 1 atom stereocenters. The van der Waals surface area contributed by atoms with Crippen molar-refractivity contribution in [3.8, 4) is 0 Å². The predicted octanol–water partition coefficient (Wildman–Crippen LogP) is 4.45. The van der Waals surface area contributed by atoms with Crippen LogP contribution >= 0.6 is 0 Å². The summed E-state index contributed by atoms with van der Waals surface area (Å²) in [5.74, 6) is 0. The van der Waals surface area contributed by atoms with E-state index in [0.717, 1.165) is 41.5 Å². The van der Waals surface area contributed by atoms with Gasteiger partial charge in [0.2, 0.25) is 0 Å². The van der Waals surface area contributed by atoms with Gasteiger partial charge in [0, 0.05) is 37.8 Å². The molecule has 1 aromatic heterocycles. The first kappa shape index (κ1) is 17.5. The zero-order valence-corrected chi connectivity index (χ0v) is 15.2. The van der Waals surface area contributed by atoms with E-state index < -0.39 is 0 Å². The van der Waals surface area contributed by atoms with Crippen LogP contribution < -0.4 is 5.32 Å². The zero-order chi connectivity index (χ0) is 18.5. The van der Waals surface area contributed by atoms with Gasteiger partial charge in [-0.25, -0.2) is 4.79 Å². The topological polar surface area (TPSA) is 54.5 Å². The molecule has 1 aliphatic heterocycles. The van der Waals surface area contributed by atoms with Crippen LogP contribution in [0, 0.1) is 0 Å². The van der Waals surface area contributed by atoms with Crippen molar-refractivity contribution < 1.29 is 9.53 Å². The number of carbonyl (C=O) groups excluding carboxylic acids is 1. The Hall–Kier alpha value is -2.92. The van der Waals surface area contributed by atoms with E-state index >= 15 is 0 Å². The Kier molecular flexibility index (Phi) is 5.30. The highest BCUT2D eigenvalue weighted by Crippen LogP contribution is 2.20. The Morgan fingerprint density at radius 1 is 1.15 bits per heavy atom. The largest absolute Gasteiger partial charge is 0.376 e. The van der Waals surface area contributed by atoms with Crippen LogP contribution in [0.4, 0.5) is 10.5 Å². The lowest BCUT2D eigenvalue weighted by Crippen LogP contribution is -2.39. The molecule has 1 saturated heterocycles. The molecule has 1 N–H and O–H groups in total. The van der Waals surface area contributed by atoms with E-state index in [1.54, 1.807) is 12.4 Å². The maximum Gasteiger partial charge on any atom is 0.322 e. The molecule has 0 bridgehead atoms. The highest BCUT2D eigenvalue weighted by Gasteiger charge is 2.23. The SMILES string of the molecule is O=C(Nc1ccc2ccccc2c1)N(Cc1cccnc1)CC1CCCO1. The minimum atomic E-state index is -0.121. The van der Waals surface area contributed by atoms with Gasteiger partial charge >= 0.3 is 6.03 Å². The second-order valence-corrected chi connectivity index (χ2v) is 6.87. The van der Waals surface area contributed by atoms with Crippen LogP contribution in [-0.4, -0.2) is 35.2 Å². The summed E-state index contributed by atoms with van der Waals surface area (Å²) < 4.78 is 5.74. The molecule has 2 amide bonds. The van der Waals surface area contributed by atoms with Crippen molar-refractivity contribution in [2.45, 2.75) is 25.5 Å². The quantitative estimate of drug-likeness (QED) is 0.730. The first-order chi connectivity index (χ1) is 13.3. The summed E-state index contributed by atoms with van der Waals surface area (Å²) >= 11 is 0. The zero-order valence-electron chi connectivity index (χ0n) is 15.2. The fourth-order valence-corrected chi connectivity index (χ4v) is 3.44. The third kappa shape index (κ3) is 4.44. The van der Waals surface area contributed by atoms with Crippen LogP contribution in [0.15, 0.2) is 67.0 Å². The summed E-state index contributed by atoms with van der Waals surface area (Å²) in [5, 5.41) is 5.30. The van der Waals surface area contributed by atoms with Crippen LogP contribution in [0.2, 0.25) is 0 Å². The van der Waals surface area contributed by atoms with Crippen molar-refractivity contribution >= 4 is 22.5 Å². The lowest BCUT2D eigenvalue weighted by atomic mass is 10.1. The number of ether oxygens (including phenoxy) is 1. The molecule has 3 aromatic rings. The molecule has 2 heterocycles. The molecule has 0 saturated carbocycles. The number of nitrogens with one attached hydrogen (secondary N) is 1. The Bertz CT molecular complexity index is 908. The second-order valence-electron chi connectivity index (χ2n) is 6.87. The molecule has 4 rings (SSSR count). The summed E-state index contributed by atoms with van der Waals surface area (Å²) in [4.78, 5) is 18.9. The lowest BCUT2D eigenvalue weighted by molar-refractivity contribution is 0.0819. The molecule has 0 spiro atoms. The number of hydrogen-bond donors (Lipinski definition) is 1. The molecule has 5 heteroatoms. The Morgan fingerprint density at radius 3 is 2.81 bits per heavy atom. The fraction of sp³-hybridized carbons (Fsp3) is 0.273. The van der Waals surface area contributed by atoms with Gasteiger partial charge in [-0.05, 0) is 47.4 Å². The fourth-order valence-electron chi connectivity index (χ4n) is 3.44. The average Bonchev–Trinajstić information content (AvgIpc) is 3.21. The molecule has 2 aromatic carbocycles. The van der Waals surface area contributed by atoms with Crippen molar-refractivity contribution in [3.63, 3.8) is 0 Å². The molecule has 0 radical (unpaired) electrons. The van der Waals surface area contributed by atoms with E-state index in [9.17, 15) is 4.79 Å². The van der Waals surface area contributed by atoms with E-state index in [1.807, 2.05) is 53.4 Å². The van der Waals surface area contributed by atoms with Crippen LogP contribution in [0.3, 0.4) is 0 Å². The average molecular weight is 361 g/mol. The lowest BCUT2D eigenvalue weighted by Gasteiger charge is -2.26. The molecular weight excluding hydrogens is 338 g/mol. The summed E-state index contributed by atoms with van der Waals surface area (Å²) in [6.07, 6.45) is 5.68. The number of fused-ring (bicyclic) bond motifs is 1. The summed E-state index contributed by atoms with van der Waals surface area (Å²) in [6.45, 7) is 1.86. The number of anilines is 1. The van der Waals surface area contributed by atoms with Crippen LogP contribution in [0.25, 0.3) is 10.8 Å². The van der Waals surface area contributed by atoms with Crippen molar-refractivity contribution in [2.24, 2.45) is 0 Å². The van der Waals surface area contributed by atoms with Gasteiger partial charge in [-0.3, -0.25) is 4.98 Å². The summed E-state index contributed by atoms with van der Waals surface area (Å²) in [5.41, 5.74) is 1.80. The number of pyridine rings is 1. The van der Waals surface area contributed by atoms with E-state index in [-0.39, 0.29) is 12.1 Å². The Morgan fingerprint density at radius 2 is 2.04 bits per heavy atom. The highest BCUT2D eigenvalue weighted by atomic mass is 16.5. The van der Waals surface area contributed by atoms with E-state index in [0.29, 0.717) is 13.1 Å². The Balaban J connectivity index is 1.51. The van der Waals surface area contributed by atoms with Gasteiger partial charge in [0.05, 0.1) is 6.10 Å². The molecule has 0 aliphatic carbocycles. The summed E-state index contributed by atoms with van der Waals surface area (Å²) in [7, 11) is 0. The maximum absolute atomic E-state index is 13.0. The molecule has 138 valence electrons. The minimum absolute atomic E-state index is 0.101. The van der Waals surface area contributed by atoms with Crippen LogP contribution in [0.5, 0.6) is 0 Å². The van der Waals surface area contributed by atoms with Gasteiger partial charge < -0.3 is 15.0 Å². The van der Waals surface area contributed by atoms with E-state index in [4.69, 9.17) is 4.74 Å². The maximum atomic E-state index is 13.0. The van der Waals surface area contributed by atoms with E-state index in [1.165, 1.54) is 0 Å². The predicted molar refractivity (Wildman–Crippen MR) is 107 cm³/mol. The number of aromatic nitrogens is 1. The van der Waals surface area contributed by atoms with Gasteiger partial charge in [-0.2, -0.15) is 0 Å². The van der Waals surface area contributed by atoms with Crippen LogP contribution in [-0.2, 0) is 11.3 Å². The molecule has 1 aliphatic rings. The standard InChI is InChI=1S/C22H23N3O2/c26-22(24-20-10-9-18-6-1-2-7-19(18)13-20)25(16-21-8-4-12-27-21)15-17-5-3-11-23-14-17/h1-3,5-7,9-11,13-14,21H,4,8,12,15-16H2,(H,24,26). The van der Waals surface area contributed by atoms with Gasteiger partial charge in [-0.1, -0.05) is 36.4 Å². The van der Waals surface area contributed by atoms with Crippen molar-refractivity contribution in [2.75, 3.05) is 18.5 Å². The number of hydrogen-bond acceptors (Lipinski definition) is 3. The number of amides is 2. The molecule has 1 unspecified atom stereocenters. The van der Waals surface area contributed by atoms with Gasteiger partial charge in [0.25, 0.3) is 0 Å². The van der Waals surface area contributed by atoms with Gasteiger partial charge in [-0.15, -0.1) is 0 Å². The monoisotopic (exact) mass is 361 g/mol. The van der Waals surface area contributed by atoms with E-state index in [2.05, 4.69) is 16.4 Å². The number of carbonyl (C=O) groups is 1. The first-order valence-corrected chi connectivity index (χ1v) is 9.33. The second kappa shape index (κ2) is 8.18. The number of urea groups is 1. The van der Waals surface area contributed by atoms with Crippen LogP contribution in [0.1, 0.15) is 18.4 Å². The number of rotatable bonds is 5. The number of benzene rings is 2. The normalized spacial score (nSPS) is 16.4. The Labute approximate surface area is 159 Å². The van der Waals surface area contributed by atoms with Crippen molar-refractivity contribution in [1.29, 1.82) is 0 Å². The molecule has 5 nitrogen and oxygen atoms in total. The van der Waals surface area contributed by atoms with Crippen molar-refractivity contribution in [3.05, 3.63) is 72.6 Å². The minimum Gasteiger partial charge on any atom is -0.376 e.